The fourth-order valence-corrected chi connectivity index (χ4v) is 3.14. The van der Waals surface area contributed by atoms with Gasteiger partial charge in [-0.3, -0.25) is 4.79 Å². The van der Waals surface area contributed by atoms with Gasteiger partial charge in [-0.1, -0.05) is 17.7 Å². The molecule has 0 saturated heterocycles. The third-order valence-corrected chi connectivity index (χ3v) is 4.70. The van der Waals surface area contributed by atoms with Crippen LogP contribution in [-0.4, -0.2) is 25.1 Å². The van der Waals surface area contributed by atoms with Crippen LogP contribution in [0.3, 0.4) is 0 Å². The Bertz CT molecular complexity index is 1080. The van der Waals surface area contributed by atoms with Crippen molar-refractivity contribution in [2.24, 2.45) is 0 Å². The Hall–Kier alpha value is -3.51. The van der Waals surface area contributed by atoms with Crippen LogP contribution in [0, 0.1) is 0 Å². The standard InChI is InChI=1S/C25H24ClNO5/c1-3-30-23-13-10-18(14-19(23)16-32-22-7-5-6-20(26)15-22)24(28)27-21-11-8-17(9-12-21)25(29)31-4-2/h5-15H,3-4,16H2,1-2H3,(H,27,28). The molecule has 6 nitrogen and oxygen atoms in total. The number of carbonyl (C=O) groups excluding carboxylic acids is 2. The lowest BCUT2D eigenvalue weighted by atomic mass is 10.1. The van der Waals surface area contributed by atoms with Crippen molar-refractivity contribution in [3.05, 3.63) is 88.4 Å². The van der Waals surface area contributed by atoms with Gasteiger partial charge in [0.2, 0.25) is 0 Å². The molecule has 0 bridgehead atoms. The Kier molecular flexibility index (Phi) is 8.11. The van der Waals surface area contributed by atoms with Crippen LogP contribution >= 0.6 is 11.6 Å². The van der Waals surface area contributed by atoms with Gasteiger partial charge in [0, 0.05) is 21.8 Å². The number of esters is 1. The summed E-state index contributed by atoms with van der Waals surface area (Å²) in [7, 11) is 0. The molecule has 3 aromatic rings. The van der Waals surface area contributed by atoms with Crippen LogP contribution in [0.5, 0.6) is 11.5 Å². The normalized spacial score (nSPS) is 10.3. The molecule has 32 heavy (non-hydrogen) atoms. The van der Waals surface area contributed by atoms with Crippen molar-refractivity contribution in [2.45, 2.75) is 20.5 Å². The van der Waals surface area contributed by atoms with Crippen molar-refractivity contribution in [1.82, 2.24) is 0 Å². The minimum absolute atomic E-state index is 0.213. The average Bonchev–Trinajstić information content (AvgIpc) is 2.79. The van der Waals surface area contributed by atoms with Crippen molar-refractivity contribution in [3.63, 3.8) is 0 Å². The van der Waals surface area contributed by atoms with Crippen LogP contribution in [0.1, 0.15) is 40.1 Å². The number of rotatable bonds is 9. The van der Waals surface area contributed by atoms with E-state index in [0.29, 0.717) is 46.5 Å². The second kappa shape index (κ2) is 11.2. The van der Waals surface area contributed by atoms with Crippen molar-refractivity contribution in [3.8, 4) is 11.5 Å². The number of ether oxygens (including phenoxy) is 3. The highest BCUT2D eigenvalue weighted by molar-refractivity contribution is 6.30. The molecule has 1 amide bonds. The third kappa shape index (κ3) is 6.25. The number of amides is 1. The Morgan fingerprint density at radius 2 is 1.62 bits per heavy atom. The summed E-state index contributed by atoms with van der Waals surface area (Å²) in [4.78, 5) is 24.5. The molecule has 0 radical (unpaired) electrons. The Labute approximate surface area is 192 Å². The lowest BCUT2D eigenvalue weighted by molar-refractivity contribution is 0.0526. The first-order chi connectivity index (χ1) is 15.5. The maximum atomic E-state index is 12.8. The van der Waals surface area contributed by atoms with E-state index < -0.39 is 5.97 Å². The van der Waals surface area contributed by atoms with Gasteiger partial charge < -0.3 is 19.5 Å². The molecule has 0 fully saturated rings. The number of nitrogens with one attached hydrogen (secondary N) is 1. The van der Waals surface area contributed by atoms with Crippen LogP contribution in [-0.2, 0) is 11.3 Å². The fourth-order valence-electron chi connectivity index (χ4n) is 2.95. The molecule has 0 saturated carbocycles. The van der Waals surface area contributed by atoms with E-state index in [4.69, 9.17) is 25.8 Å². The SMILES string of the molecule is CCOC(=O)c1ccc(NC(=O)c2ccc(OCC)c(COc3cccc(Cl)c3)c2)cc1. The molecule has 0 aliphatic carbocycles. The predicted molar refractivity (Wildman–Crippen MR) is 124 cm³/mol. The summed E-state index contributed by atoms with van der Waals surface area (Å²) in [6.45, 7) is 4.64. The minimum Gasteiger partial charge on any atom is -0.493 e. The van der Waals surface area contributed by atoms with Crippen LogP contribution in [0.25, 0.3) is 0 Å². The van der Waals surface area contributed by atoms with Crippen LogP contribution < -0.4 is 14.8 Å². The average molecular weight is 454 g/mol. The highest BCUT2D eigenvalue weighted by Crippen LogP contribution is 2.24. The van der Waals surface area contributed by atoms with Crippen molar-refractivity contribution in [2.75, 3.05) is 18.5 Å². The first-order valence-electron chi connectivity index (χ1n) is 10.2. The van der Waals surface area contributed by atoms with Crippen LogP contribution in [0.4, 0.5) is 5.69 Å². The molecule has 0 atom stereocenters. The zero-order valence-corrected chi connectivity index (χ0v) is 18.6. The number of halogens is 1. The molecule has 166 valence electrons. The second-order valence-electron chi connectivity index (χ2n) is 6.75. The molecule has 0 heterocycles. The molecule has 0 spiro atoms. The summed E-state index contributed by atoms with van der Waals surface area (Å²) in [5.41, 5.74) is 2.17. The lowest BCUT2D eigenvalue weighted by Crippen LogP contribution is -2.13. The monoisotopic (exact) mass is 453 g/mol. The summed E-state index contributed by atoms with van der Waals surface area (Å²) >= 11 is 6.01. The highest BCUT2D eigenvalue weighted by Gasteiger charge is 2.13. The van der Waals surface area contributed by atoms with Gasteiger partial charge in [-0.05, 0) is 74.5 Å². The molecule has 0 aliphatic heterocycles. The number of anilines is 1. The van der Waals surface area contributed by atoms with Crippen LogP contribution in [0.2, 0.25) is 5.02 Å². The maximum Gasteiger partial charge on any atom is 0.338 e. The van der Waals surface area contributed by atoms with Gasteiger partial charge in [0.15, 0.2) is 0 Å². The molecule has 0 unspecified atom stereocenters. The Morgan fingerprint density at radius 3 is 2.31 bits per heavy atom. The topological polar surface area (TPSA) is 73.9 Å². The quantitative estimate of drug-likeness (QED) is 0.418. The largest absolute Gasteiger partial charge is 0.493 e. The van der Waals surface area contributed by atoms with E-state index in [2.05, 4.69) is 5.32 Å². The molecular formula is C25H24ClNO5. The second-order valence-corrected chi connectivity index (χ2v) is 7.19. The van der Waals surface area contributed by atoms with Gasteiger partial charge in [0.25, 0.3) is 5.91 Å². The summed E-state index contributed by atoms with van der Waals surface area (Å²) in [5.74, 6) is 0.573. The smallest absolute Gasteiger partial charge is 0.338 e. The van der Waals surface area contributed by atoms with E-state index in [1.807, 2.05) is 13.0 Å². The zero-order chi connectivity index (χ0) is 22.9. The summed E-state index contributed by atoms with van der Waals surface area (Å²) in [6.07, 6.45) is 0. The van der Waals surface area contributed by atoms with Crippen molar-refractivity contribution < 1.29 is 23.8 Å². The molecule has 0 aliphatic rings. The molecule has 7 heteroatoms. The molecule has 0 aromatic heterocycles. The molecule has 1 N–H and O–H groups in total. The van der Waals surface area contributed by atoms with Crippen LogP contribution in [0.15, 0.2) is 66.7 Å². The molecule has 3 aromatic carbocycles. The number of benzene rings is 3. The maximum absolute atomic E-state index is 12.8. The van der Waals surface area contributed by atoms with E-state index in [1.54, 1.807) is 67.6 Å². The van der Waals surface area contributed by atoms with Gasteiger partial charge in [-0.15, -0.1) is 0 Å². The van der Waals surface area contributed by atoms with E-state index in [0.717, 1.165) is 5.56 Å². The van der Waals surface area contributed by atoms with Gasteiger partial charge in [0.05, 0.1) is 18.8 Å². The lowest BCUT2D eigenvalue weighted by Gasteiger charge is -2.14. The number of carbonyl (C=O) groups is 2. The summed E-state index contributed by atoms with van der Waals surface area (Å²) < 4.78 is 16.5. The van der Waals surface area contributed by atoms with E-state index in [1.165, 1.54) is 0 Å². The predicted octanol–water partition coefficient (Wildman–Crippen LogP) is 5.75. The number of hydrogen-bond acceptors (Lipinski definition) is 5. The summed E-state index contributed by atoms with van der Waals surface area (Å²) in [5, 5.41) is 3.40. The first-order valence-corrected chi connectivity index (χ1v) is 10.6. The first kappa shape index (κ1) is 23.2. The number of hydrogen-bond donors (Lipinski definition) is 1. The molecule has 3 rings (SSSR count). The van der Waals surface area contributed by atoms with E-state index in [9.17, 15) is 9.59 Å². The highest BCUT2D eigenvalue weighted by atomic mass is 35.5. The van der Waals surface area contributed by atoms with Crippen molar-refractivity contribution in [1.29, 1.82) is 0 Å². The zero-order valence-electron chi connectivity index (χ0n) is 17.9. The van der Waals surface area contributed by atoms with Gasteiger partial charge in [-0.25, -0.2) is 4.79 Å². The van der Waals surface area contributed by atoms with E-state index >= 15 is 0 Å². The molecular weight excluding hydrogens is 430 g/mol. The Balaban J connectivity index is 1.73. The minimum atomic E-state index is -0.402. The fraction of sp³-hybridized carbons (Fsp3) is 0.200. The third-order valence-electron chi connectivity index (χ3n) is 4.47. The van der Waals surface area contributed by atoms with E-state index in [-0.39, 0.29) is 12.5 Å². The van der Waals surface area contributed by atoms with Gasteiger partial charge in [-0.2, -0.15) is 0 Å². The van der Waals surface area contributed by atoms with Gasteiger partial charge in [0.1, 0.15) is 18.1 Å². The Morgan fingerprint density at radius 1 is 0.875 bits per heavy atom. The van der Waals surface area contributed by atoms with Crippen molar-refractivity contribution >= 4 is 29.2 Å². The van der Waals surface area contributed by atoms with Gasteiger partial charge >= 0.3 is 5.97 Å². The summed E-state index contributed by atoms with van der Waals surface area (Å²) in [6, 6.07) is 18.8.